The highest BCUT2D eigenvalue weighted by Crippen LogP contribution is 2.30. The second-order valence-electron chi connectivity index (χ2n) is 7.42. The minimum absolute atomic E-state index is 0.193. The monoisotopic (exact) mass is 440 g/mol. The van der Waals surface area contributed by atoms with Crippen molar-refractivity contribution in [1.82, 2.24) is 19.7 Å². The van der Waals surface area contributed by atoms with Crippen LogP contribution in [0.3, 0.4) is 0 Å². The summed E-state index contributed by atoms with van der Waals surface area (Å²) in [6, 6.07) is 21.8. The molecule has 5 aromatic rings. The molecular weight excluding hydrogens is 420 g/mol. The van der Waals surface area contributed by atoms with E-state index in [-0.39, 0.29) is 18.0 Å². The number of hydrogen-bond donors (Lipinski definition) is 1. The fourth-order valence-electron chi connectivity index (χ4n) is 3.68. The van der Waals surface area contributed by atoms with Gasteiger partial charge in [-0.15, -0.1) is 0 Å². The van der Waals surface area contributed by atoms with Crippen LogP contribution in [0, 0.1) is 0 Å². The van der Waals surface area contributed by atoms with Gasteiger partial charge in [0.25, 0.3) is 11.4 Å². The van der Waals surface area contributed by atoms with Crippen LogP contribution in [0.4, 0.5) is 0 Å². The zero-order chi connectivity index (χ0) is 22.8. The van der Waals surface area contributed by atoms with Gasteiger partial charge in [0.05, 0.1) is 29.6 Å². The van der Waals surface area contributed by atoms with Crippen LogP contribution in [0.2, 0.25) is 0 Å². The second-order valence-corrected chi connectivity index (χ2v) is 7.42. The van der Waals surface area contributed by atoms with Crippen LogP contribution < -0.4 is 16.0 Å². The van der Waals surface area contributed by atoms with Crippen LogP contribution in [-0.4, -0.2) is 26.3 Å². The van der Waals surface area contributed by atoms with Gasteiger partial charge in [-0.3, -0.25) is 9.36 Å². The summed E-state index contributed by atoms with van der Waals surface area (Å²) in [6.07, 6.45) is 0. The maximum absolute atomic E-state index is 13.0. The van der Waals surface area contributed by atoms with Crippen LogP contribution in [-0.2, 0) is 6.54 Å². The number of rotatable bonds is 6. The molecule has 0 bridgehead atoms. The summed E-state index contributed by atoms with van der Waals surface area (Å²) in [4.78, 5) is 32.9. The molecule has 0 radical (unpaired) electrons. The molecular formula is C25H20N4O4. The van der Waals surface area contributed by atoms with E-state index in [2.05, 4.69) is 15.1 Å². The SMILES string of the molecule is CCOc1ccccc1-c1noc(-c2ccc3c(=O)n(Cc4ccccc4)c(=O)[nH]c3c2)n1. The Hall–Kier alpha value is -4.46. The summed E-state index contributed by atoms with van der Waals surface area (Å²) in [5.74, 6) is 1.32. The molecule has 0 atom stereocenters. The van der Waals surface area contributed by atoms with Gasteiger partial charge < -0.3 is 14.2 Å². The van der Waals surface area contributed by atoms with Gasteiger partial charge in [-0.2, -0.15) is 4.98 Å². The first-order valence-electron chi connectivity index (χ1n) is 10.5. The number of nitrogens with one attached hydrogen (secondary N) is 1. The Morgan fingerprint density at radius 1 is 1.00 bits per heavy atom. The van der Waals surface area contributed by atoms with Crippen molar-refractivity contribution in [2.75, 3.05) is 6.61 Å². The number of nitrogens with zero attached hydrogens (tertiary/aromatic N) is 3. The van der Waals surface area contributed by atoms with E-state index >= 15 is 0 Å². The molecule has 0 aliphatic rings. The number of H-pyrrole nitrogens is 1. The maximum Gasteiger partial charge on any atom is 0.329 e. The Morgan fingerprint density at radius 2 is 1.79 bits per heavy atom. The van der Waals surface area contributed by atoms with Crippen molar-refractivity contribution in [3.8, 4) is 28.6 Å². The molecule has 0 aliphatic heterocycles. The third-order valence-corrected chi connectivity index (χ3v) is 5.27. The van der Waals surface area contributed by atoms with E-state index in [4.69, 9.17) is 9.26 Å². The Bertz CT molecular complexity index is 1550. The zero-order valence-electron chi connectivity index (χ0n) is 17.8. The smallest absolute Gasteiger partial charge is 0.329 e. The first-order valence-corrected chi connectivity index (χ1v) is 10.5. The average molecular weight is 440 g/mol. The van der Waals surface area contributed by atoms with Crippen molar-refractivity contribution in [1.29, 1.82) is 0 Å². The maximum atomic E-state index is 13.0. The minimum Gasteiger partial charge on any atom is -0.493 e. The fourth-order valence-corrected chi connectivity index (χ4v) is 3.68. The normalized spacial score (nSPS) is 11.1. The van der Waals surface area contributed by atoms with E-state index < -0.39 is 5.69 Å². The van der Waals surface area contributed by atoms with E-state index in [1.807, 2.05) is 61.5 Å². The van der Waals surface area contributed by atoms with Gasteiger partial charge >= 0.3 is 5.69 Å². The van der Waals surface area contributed by atoms with E-state index in [1.165, 1.54) is 4.57 Å². The van der Waals surface area contributed by atoms with E-state index in [0.717, 1.165) is 5.56 Å². The van der Waals surface area contributed by atoms with Gasteiger partial charge in [0.1, 0.15) is 5.75 Å². The van der Waals surface area contributed by atoms with Gasteiger partial charge in [0, 0.05) is 5.56 Å². The minimum atomic E-state index is -0.481. The molecule has 1 N–H and O–H groups in total. The van der Waals surface area contributed by atoms with Crippen molar-refractivity contribution in [3.63, 3.8) is 0 Å². The second kappa shape index (κ2) is 8.58. The zero-order valence-corrected chi connectivity index (χ0v) is 17.8. The summed E-state index contributed by atoms with van der Waals surface area (Å²) >= 11 is 0. The average Bonchev–Trinajstić information content (AvgIpc) is 3.33. The van der Waals surface area contributed by atoms with Crippen LogP contribution >= 0.6 is 0 Å². The van der Waals surface area contributed by atoms with Crippen LogP contribution in [0.15, 0.2) is 86.9 Å². The number of hydrogen-bond acceptors (Lipinski definition) is 6. The highest BCUT2D eigenvalue weighted by Gasteiger charge is 2.16. The third-order valence-electron chi connectivity index (χ3n) is 5.27. The Balaban J connectivity index is 1.52. The van der Waals surface area contributed by atoms with Crippen molar-refractivity contribution in [2.24, 2.45) is 0 Å². The lowest BCUT2D eigenvalue weighted by atomic mass is 10.1. The number of benzene rings is 3. The molecule has 5 rings (SSSR count). The number of aromatic amines is 1. The summed E-state index contributed by atoms with van der Waals surface area (Å²) in [6.45, 7) is 2.61. The molecule has 0 saturated carbocycles. The molecule has 164 valence electrons. The Kier molecular flexibility index (Phi) is 5.32. The molecule has 8 heteroatoms. The van der Waals surface area contributed by atoms with E-state index in [1.54, 1.807) is 18.2 Å². The van der Waals surface area contributed by atoms with Gasteiger partial charge in [-0.25, -0.2) is 4.79 Å². The highest BCUT2D eigenvalue weighted by atomic mass is 16.5. The molecule has 0 spiro atoms. The largest absolute Gasteiger partial charge is 0.493 e. The van der Waals surface area contributed by atoms with Gasteiger partial charge in [0.15, 0.2) is 0 Å². The van der Waals surface area contributed by atoms with Crippen molar-refractivity contribution in [2.45, 2.75) is 13.5 Å². The standard InChI is InChI=1S/C25H20N4O4/c1-2-32-21-11-7-6-10-19(21)22-27-23(33-28-22)17-12-13-18-20(14-17)26-25(31)29(24(18)30)15-16-8-4-3-5-9-16/h3-14H,2,15H2,1H3,(H,26,31). The molecule has 8 nitrogen and oxygen atoms in total. The molecule has 0 aliphatic carbocycles. The van der Waals surface area contributed by atoms with Gasteiger partial charge in [-0.05, 0) is 42.8 Å². The lowest BCUT2D eigenvalue weighted by molar-refractivity contribution is 0.341. The van der Waals surface area contributed by atoms with Crippen molar-refractivity contribution < 1.29 is 9.26 Å². The summed E-state index contributed by atoms with van der Waals surface area (Å²) in [7, 11) is 0. The van der Waals surface area contributed by atoms with Crippen LogP contribution in [0.5, 0.6) is 5.75 Å². The molecule has 2 aromatic heterocycles. The molecule has 33 heavy (non-hydrogen) atoms. The topological polar surface area (TPSA) is 103 Å². The van der Waals surface area contributed by atoms with Gasteiger partial charge in [0.2, 0.25) is 5.82 Å². The predicted octanol–water partition coefficient (Wildman–Crippen LogP) is 3.85. The number of ether oxygens (including phenoxy) is 1. The summed E-state index contributed by atoms with van der Waals surface area (Å²) in [5, 5.41) is 4.48. The molecule has 2 heterocycles. The predicted molar refractivity (Wildman–Crippen MR) is 124 cm³/mol. The van der Waals surface area contributed by atoms with Crippen molar-refractivity contribution in [3.05, 3.63) is 99.2 Å². The van der Waals surface area contributed by atoms with Crippen molar-refractivity contribution >= 4 is 10.9 Å². The Morgan fingerprint density at radius 3 is 2.61 bits per heavy atom. The first-order chi connectivity index (χ1) is 16.1. The molecule has 0 fully saturated rings. The lowest BCUT2D eigenvalue weighted by Crippen LogP contribution is -2.35. The first kappa shape index (κ1) is 20.4. The fraction of sp³-hybridized carbons (Fsp3) is 0.120. The molecule has 0 unspecified atom stereocenters. The summed E-state index contributed by atoms with van der Waals surface area (Å²) in [5.41, 5.74) is 1.73. The molecule has 0 saturated heterocycles. The number of para-hydroxylation sites is 1. The van der Waals surface area contributed by atoms with E-state index in [9.17, 15) is 9.59 Å². The third kappa shape index (κ3) is 3.94. The van der Waals surface area contributed by atoms with Crippen LogP contribution in [0.1, 0.15) is 12.5 Å². The number of fused-ring (bicyclic) bond motifs is 1. The van der Waals surface area contributed by atoms with Crippen LogP contribution in [0.25, 0.3) is 33.7 Å². The number of aromatic nitrogens is 4. The van der Waals surface area contributed by atoms with E-state index in [0.29, 0.717) is 40.2 Å². The Labute approximate surface area is 188 Å². The molecule has 0 amide bonds. The quantitative estimate of drug-likeness (QED) is 0.430. The molecule has 3 aromatic carbocycles. The summed E-state index contributed by atoms with van der Waals surface area (Å²) < 4.78 is 12.3. The lowest BCUT2D eigenvalue weighted by Gasteiger charge is -2.07. The van der Waals surface area contributed by atoms with Gasteiger partial charge in [-0.1, -0.05) is 47.6 Å². The highest BCUT2D eigenvalue weighted by molar-refractivity contribution is 5.82.